The van der Waals surface area contributed by atoms with E-state index in [4.69, 9.17) is 0 Å². The van der Waals surface area contributed by atoms with E-state index in [2.05, 4.69) is 48.3 Å². The van der Waals surface area contributed by atoms with Gasteiger partial charge in [0.05, 0.1) is 0 Å². The largest absolute Gasteiger partial charge is 0.309 e. The van der Waals surface area contributed by atoms with E-state index in [0.29, 0.717) is 12.0 Å². The van der Waals surface area contributed by atoms with Gasteiger partial charge in [-0.25, -0.2) is 0 Å². The summed E-state index contributed by atoms with van der Waals surface area (Å²) in [7, 11) is 0. The van der Waals surface area contributed by atoms with Gasteiger partial charge >= 0.3 is 0 Å². The van der Waals surface area contributed by atoms with Crippen LogP contribution in [0.3, 0.4) is 0 Å². The quantitative estimate of drug-likeness (QED) is 0.702. The van der Waals surface area contributed by atoms with E-state index in [-0.39, 0.29) is 0 Å². The standard InChI is InChI=1S/C13H17N/c1-2-11-8-9-13(14-10-11)12-6-4-3-5-7-12/h2-7,11,13-14H,1,8-10H2. The molecule has 0 bridgehead atoms. The topological polar surface area (TPSA) is 12.0 Å². The van der Waals surface area contributed by atoms with Crippen molar-refractivity contribution in [1.29, 1.82) is 0 Å². The van der Waals surface area contributed by atoms with Crippen molar-refractivity contribution >= 4 is 0 Å². The van der Waals surface area contributed by atoms with Crippen LogP contribution in [-0.4, -0.2) is 6.54 Å². The predicted molar refractivity (Wildman–Crippen MR) is 60.1 cm³/mol. The molecule has 1 nitrogen and oxygen atoms in total. The third-order valence-corrected chi connectivity index (χ3v) is 2.99. The van der Waals surface area contributed by atoms with Crippen molar-refractivity contribution in [2.24, 2.45) is 5.92 Å². The highest BCUT2D eigenvalue weighted by Gasteiger charge is 2.18. The Balaban J connectivity index is 1.99. The van der Waals surface area contributed by atoms with E-state index in [1.807, 2.05) is 0 Å². The second kappa shape index (κ2) is 4.43. The predicted octanol–water partition coefficient (Wildman–Crippen LogP) is 2.91. The van der Waals surface area contributed by atoms with E-state index in [0.717, 1.165) is 6.54 Å². The minimum Gasteiger partial charge on any atom is -0.309 e. The number of benzene rings is 1. The first-order chi connectivity index (χ1) is 6.90. The third kappa shape index (κ3) is 2.05. The lowest BCUT2D eigenvalue weighted by Crippen LogP contribution is -2.32. The van der Waals surface area contributed by atoms with Crippen molar-refractivity contribution in [3.8, 4) is 0 Å². The summed E-state index contributed by atoms with van der Waals surface area (Å²) in [5, 5.41) is 3.57. The highest BCUT2D eigenvalue weighted by Crippen LogP contribution is 2.25. The van der Waals surface area contributed by atoms with Crippen LogP contribution in [0.15, 0.2) is 43.0 Å². The molecule has 1 aromatic carbocycles. The van der Waals surface area contributed by atoms with Crippen molar-refractivity contribution in [2.75, 3.05) is 6.54 Å². The Kier molecular flexibility index (Phi) is 3.00. The summed E-state index contributed by atoms with van der Waals surface area (Å²) in [6.45, 7) is 4.91. The van der Waals surface area contributed by atoms with Crippen LogP contribution in [0.1, 0.15) is 24.4 Å². The summed E-state index contributed by atoms with van der Waals surface area (Å²) in [5.74, 6) is 0.662. The molecule has 1 heterocycles. The summed E-state index contributed by atoms with van der Waals surface area (Å²) in [4.78, 5) is 0. The molecule has 74 valence electrons. The Labute approximate surface area is 85.8 Å². The molecule has 2 rings (SSSR count). The zero-order valence-electron chi connectivity index (χ0n) is 8.45. The van der Waals surface area contributed by atoms with Crippen LogP contribution in [0, 0.1) is 5.92 Å². The van der Waals surface area contributed by atoms with Crippen molar-refractivity contribution < 1.29 is 0 Å². The molecule has 0 saturated carbocycles. The molecular formula is C13H17N. The Bertz CT molecular complexity index is 283. The summed E-state index contributed by atoms with van der Waals surface area (Å²) >= 11 is 0. The molecule has 2 atom stereocenters. The first-order valence-corrected chi connectivity index (χ1v) is 5.31. The lowest BCUT2D eigenvalue weighted by Gasteiger charge is -2.28. The SMILES string of the molecule is C=CC1CCC(c2ccccc2)NC1. The van der Waals surface area contributed by atoms with E-state index >= 15 is 0 Å². The average Bonchev–Trinajstić information content (AvgIpc) is 2.30. The molecule has 0 radical (unpaired) electrons. The molecule has 1 aliphatic heterocycles. The summed E-state index contributed by atoms with van der Waals surface area (Å²) in [6.07, 6.45) is 4.55. The first kappa shape index (κ1) is 9.47. The smallest absolute Gasteiger partial charge is 0.0320 e. The fourth-order valence-electron chi connectivity index (χ4n) is 2.05. The maximum atomic E-state index is 3.84. The van der Waals surface area contributed by atoms with E-state index < -0.39 is 0 Å². The molecule has 2 unspecified atom stereocenters. The van der Waals surface area contributed by atoms with Crippen LogP contribution in [0.4, 0.5) is 0 Å². The van der Waals surface area contributed by atoms with Gasteiger partial charge < -0.3 is 5.32 Å². The minimum atomic E-state index is 0.549. The van der Waals surface area contributed by atoms with Crippen LogP contribution < -0.4 is 5.32 Å². The van der Waals surface area contributed by atoms with Gasteiger partial charge in [-0.2, -0.15) is 0 Å². The number of hydrogen-bond donors (Lipinski definition) is 1. The molecule has 0 aromatic heterocycles. The molecule has 1 aromatic rings. The summed E-state index contributed by atoms with van der Waals surface area (Å²) < 4.78 is 0. The number of rotatable bonds is 2. The minimum absolute atomic E-state index is 0.549. The zero-order valence-corrected chi connectivity index (χ0v) is 8.45. The molecule has 1 aliphatic rings. The Morgan fingerprint density at radius 2 is 2.00 bits per heavy atom. The van der Waals surface area contributed by atoms with Crippen molar-refractivity contribution in [3.05, 3.63) is 48.6 Å². The maximum absolute atomic E-state index is 3.84. The third-order valence-electron chi connectivity index (χ3n) is 2.99. The van der Waals surface area contributed by atoms with Gasteiger partial charge in [-0.1, -0.05) is 36.4 Å². The molecule has 1 fully saturated rings. The van der Waals surface area contributed by atoms with Gasteiger partial charge in [0.15, 0.2) is 0 Å². The van der Waals surface area contributed by atoms with Gasteiger partial charge in [-0.15, -0.1) is 6.58 Å². The van der Waals surface area contributed by atoms with Crippen molar-refractivity contribution in [2.45, 2.75) is 18.9 Å². The van der Waals surface area contributed by atoms with Crippen LogP contribution in [0.5, 0.6) is 0 Å². The van der Waals surface area contributed by atoms with Crippen LogP contribution in [0.2, 0.25) is 0 Å². The first-order valence-electron chi connectivity index (χ1n) is 5.31. The number of piperidine rings is 1. The van der Waals surface area contributed by atoms with Crippen LogP contribution in [-0.2, 0) is 0 Å². The van der Waals surface area contributed by atoms with Gasteiger partial charge in [0.2, 0.25) is 0 Å². The summed E-state index contributed by atoms with van der Waals surface area (Å²) in [6, 6.07) is 11.2. The van der Waals surface area contributed by atoms with Crippen LogP contribution >= 0.6 is 0 Å². The molecule has 0 amide bonds. The number of nitrogens with one attached hydrogen (secondary N) is 1. The van der Waals surface area contributed by atoms with Gasteiger partial charge in [0, 0.05) is 12.6 Å². The lowest BCUT2D eigenvalue weighted by molar-refractivity contribution is 0.357. The van der Waals surface area contributed by atoms with Crippen molar-refractivity contribution in [3.63, 3.8) is 0 Å². The lowest BCUT2D eigenvalue weighted by atomic mass is 9.91. The fourth-order valence-corrected chi connectivity index (χ4v) is 2.05. The molecule has 1 heteroatoms. The average molecular weight is 187 g/mol. The normalized spacial score (nSPS) is 27.1. The molecule has 0 aliphatic carbocycles. The molecule has 1 N–H and O–H groups in total. The van der Waals surface area contributed by atoms with Gasteiger partial charge in [-0.05, 0) is 24.3 Å². The Hall–Kier alpha value is -1.08. The van der Waals surface area contributed by atoms with Gasteiger partial charge in [-0.3, -0.25) is 0 Å². The second-order valence-electron chi connectivity index (χ2n) is 3.94. The van der Waals surface area contributed by atoms with E-state index in [9.17, 15) is 0 Å². The van der Waals surface area contributed by atoms with Crippen molar-refractivity contribution in [1.82, 2.24) is 5.32 Å². The maximum Gasteiger partial charge on any atom is 0.0320 e. The number of hydrogen-bond acceptors (Lipinski definition) is 1. The molecule has 0 spiro atoms. The van der Waals surface area contributed by atoms with Gasteiger partial charge in [0.1, 0.15) is 0 Å². The fraction of sp³-hybridized carbons (Fsp3) is 0.385. The highest BCUT2D eigenvalue weighted by molar-refractivity contribution is 5.19. The second-order valence-corrected chi connectivity index (χ2v) is 3.94. The Morgan fingerprint density at radius 1 is 1.21 bits per heavy atom. The van der Waals surface area contributed by atoms with Gasteiger partial charge in [0.25, 0.3) is 0 Å². The molecular weight excluding hydrogens is 170 g/mol. The van der Waals surface area contributed by atoms with Crippen LogP contribution in [0.25, 0.3) is 0 Å². The monoisotopic (exact) mass is 187 g/mol. The highest BCUT2D eigenvalue weighted by atomic mass is 14.9. The van der Waals surface area contributed by atoms with E-state index in [1.54, 1.807) is 0 Å². The zero-order chi connectivity index (χ0) is 9.80. The molecule has 1 saturated heterocycles. The Morgan fingerprint density at radius 3 is 2.57 bits per heavy atom. The molecule has 14 heavy (non-hydrogen) atoms. The summed E-state index contributed by atoms with van der Waals surface area (Å²) in [5.41, 5.74) is 1.41. The van der Waals surface area contributed by atoms with E-state index in [1.165, 1.54) is 18.4 Å².